The van der Waals surface area contributed by atoms with Crippen LogP contribution in [0.2, 0.25) is 5.02 Å². The number of ether oxygens (including phenoxy) is 1. The summed E-state index contributed by atoms with van der Waals surface area (Å²) in [6.07, 6.45) is 1.62. The van der Waals surface area contributed by atoms with Crippen molar-refractivity contribution in [2.24, 2.45) is 7.05 Å². The van der Waals surface area contributed by atoms with Crippen LogP contribution < -0.4 is 10.1 Å². The third kappa shape index (κ3) is 5.25. The number of halogens is 1. The first-order chi connectivity index (χ1) is 15.1. The number of nitrogens with one attached hydrogen (secondary N) is 1. The van der Waals surface area contributed by atoms with Crippen molar-refractivity contribution >= 4 is 35.0 Å². The molecule has 4 rings (SSSR count). The quantitative estimate of drug-likeness (QED) is 0.405. The molecule has 0 aliphatic heterocycles. The SMILES string of the molecule is Cn1cnnc1Sc1ccc(Cl)cc1NC(=O)c1ccccc1COc1ccccc1. The molecule has 0 saturated carbocycles. The number of hydrogen-bond donors (Lipinski definition) is 1. The van der Waals surface area contributed by atoms with Crippen molar-refractivity contribution in [1.82, 2.24) is 14.8 Å². The molecule has 0 bridgehead atoms. The number of carbonyl (C=O) groups excluding carboxylic acids is 1. The number of hydrogen-bond acceptors (Lipinski definition) is 5. The van der Waals surface area contributed by atoms with Crippen molar-refractivity contribution < 1.29 is 9.53 Å². The van der Waals surface area contributed by atoms with Crippen molar-refractivity contribution in [2.75, 3.05) is 5.32 Å². The molecule has 0 unspecified atom stereocenters. The zero-order valence-corrected chi connectivity index (χ0v) is 18.2. The number of carbonyl (C=O) groups is 1. The van der Waals surface area contributed by atoms with Crippen LogP contribution in [0, 0.1) is 0 Å². The Bertz CT molecular complexity index is 1200. The van der Waals surface area contributed by atoms with Crippen LogP contribution in [-0.4, -0.2) is 20.7 Å². The summed E-state index contributed by atoms with van der Waals surface area (Å²) in [6.45, 7) is 0.281. The molecular weight excluding hydrogens is 432 g/mol. The first-order valence-electron chi connectivity index (χ1n) is 9.48. The summed E-state index contributed by atoms with van der Waals surface area (Å²) in [5.41, 5.74) is 1.92. The second kappa shape index (κ2) is 9.68. The molecule has 31 heavy (non-hydrogen) atoms. The van der Waals surface area contributed by atoms with Gasteiger partial charge in [0.25, 0.3) is 5.91 Å². The fourth-order valence-electron chi connectivity index (χ4n) is 2.89. The summed E-state index contributed by atoms with van der Waals surface area (Å²) in [5, 5.41) is 12.2. The van der Waals surface area contributed by atoms with Gasteiger partial charge < -0.3 is 14.6 Å². The van der Waals surface area contributed by atoms with E-state index in [2.05, 4.69) is 15.5 Å². The predicted octanol–water partition coefficient (Wildman–Crippen LogP) is 5.45. The third-order valence-electron chi connectivity index (χ3n) is 4.46. The van der Waals surface area contributed by atoms with Gasteiger partial charge in [-0.1, -0.05) is 48.0 Å². The number of nitrogens with zero attached hydrogens (tertiary/aromatic N) is 3. The van der Waals surface area contributed by atoms with Crippen molar-refractivity contribution in [3.63, 3.8) is 0 Å². The van der Waals surface area contributed by atoms with Crippen LogP contribution in [0.15, 0.2) is 89.2 Å². The molecule has 0 aliphatic carbocycles. The zero-order chi connectivity index (χ0) is 21.6. The van der Waals surface area contributed by atoms with Gasteiger partial charge in [0.15, 0.2) is 5.16 Å². The number of benzene rings is 3. The minimum atomic E-state index is -0.241. The molecule has 4 aromatic rings. The van der Waals surface area contributed by atoms with E-state index in [0.717, 1.165) is 16.2 Å². The molecule has 1 N–H and O–H groups in total. The van der Waals surface area contributed by atoms with E-state index in [1.54, 1.807) is 29.1 Å². The molecule has 1 aromatic heterocycles. The Morgan fingerprint density at radius 3 is 2.65 bits per heavy atom. The Balaban J connectivity index is 1.55. The second-order valence-corrected chi connectivity index (χ2v) is 8.13. The summed E-state index contributed by atoms with van der Waals surface area (Å²) >= 11 is 7.59. The molecule has 0 spiro atoms. The van der Waals surface area contributed by atoms with E-state index in [1.165, 1.54) is 11.8 Å². The lowest BCUT2D eigenvalue weighted by atomic mass is 10.1. The number of anilines is 1. The topological polar surface area (TPSA) is 69.0 Å². The van der Waals surface area contributed by atoms with Gasteiger partial charge >= 0.3 is 0 Å². The lowest BCUT2D eigenvalue weighted by Crippen LogP contribution is -2.15. The molecule has 6 nitrogen and oxygen atoms in total. The fourth-order valence-corrected chi connectivity index (χ4v) is 3.89. The van der Waals surface area contributed by atoms with Crippen molar-refractivity contribution in [3.8, 4) is 5.75 Å². The highest BCUT2D eigenvalue weighted by Crippen LogP contribution is 2.34. The third-order valence-corrected chi connectivity index (χ3v) is 5.82. The first kappa shape index (κ1) is 21.0. The van der Waals surface area contributed by atoms with Crippen LogP contribution in [0.4, 0.5) is 5.69 Å². The molecule has 3 aromatic carbocycles. The van der Waals surface area contributed by atoms with Gasteiger partial charge in [-0.15, -0.1) is 10.2 Å². The van der Waals surface area contributed by atoms with Crippen LogP contribution in [-0.2, 0) is 13.7 Å². The van der Waals surface area contributed by atoms with Crippen molar-refractivity contribution in [3.05, 3.63) is 95.3 Å². The predicted molar refractivity (Wildman–Crippen MR) is 122 cm³/mol. The maximum atomic E-state index is 13.1. The molecule has 0 atom stereocenters. The highest BCUT2D eigenvalue weighted by molar-refractivity contribution is 7.99. The van der Waals surface area contributed by atoms with Gasteiger partial charge in [-0.05, 0) is 48.2 Å². The standard InChI is InChI=1S/C23H19ClN4O2S/c1-28-15-25-27-23(28)31-21-12-11-17(24)13-20(21)26-22(29)19-10-6-5-7-16(19)14-30-18-8-3-2-4-9-18/h2-13,15H,14H2,1H3,(H,26,29). The molecule has 1 amide bonds. The molecule has 8 heteroatoms. The van der Waals surface area contributed by atoms with Crippen molar-refractivity contribution in [1.29, 1.82) is 0 Å². The highest BCUT2D eigenvalue weighted by Gasteiger charge is 2.16. The van der Waals surface area contributed by atoms with E-state index in [-0.39, 0.29) is 12.5 Å². The summed E-state index contributed by atoms with van der Waals surface area (Å²) in [4.78, 5) is 13.9. The van der Waals surface area contributed by atoms with Gasteiger partial charge in [-0.3, -0.25) is 4.79 Å². The van der Waals surface area contributed by atoms with Crippen LogP contribution >= 0.6 is 23.4 Å². The van der Waals surface area contributed by atoms with Gasteiger partial charge in [-0.2, -0.15) is 0 Å². The van der Waals surface area contributed by atoms with Crippen LogP contribution in [0.25, 0.3) is 0 Å². The van der Waals surface area contributed by atoms with Crippen molar-refractivity contribution in [2.45, 2.75) is 16.7 Å². The van der Waals surface area contributed by atoms with Gasteiger partial charge in [0.1, 0.15) is 18.7 Å². The van der Waals surface area contributed by atoms with Gasteiger partial charge in [0.05, 0.1) is 5.69 Å². The van der Waals surface area contributed by atoms with E-state index < -0.39 is 0 Å². The Hall–Kier alpha value is -3.29. The average Bonchev–Trinajstić information content (AvgIpc) is 3.19. The van der Waals surface area contributed by atoms with Crippen LogP contribution in [0.1, 0.15) is 15.9 Å². The lowest BCUT2D eigenvalue weighted by molar-refractivity contribution is 0.102. The van der Waals surface area contributed by atoms with Gasteiger partial charge in [0.2, 0.25) is 0 Å². The first-order valence-corrected chi connectivity index (χ1v) is 10.7. The normalized spacial score (nSPS) is 10.6. The monoisotopic (exact) mass is 450 g/mol. The molecule has 156 valence electrons. The molecule has 0 fully saturated rings. The summed E-state index contributed by atoms with van der Waals surface area (Å²) in [5.74, 6) is 0.504. The summed E-state index contributed by atoms with van der Waals surface area (Å²) in [6, 6.07) is 22.2. The number of aromatic nitrogens is 3. The minimum absolute atomic E-state index is 0.241. The number of amides is 1. The Labute approximate surface area is 189 Å². The molecule has 1 heterocycles. The summed E-state index contributed by atoms with van der Waals surface area (Å²) < 4.78 is 7.64. The zero-order valence-electron chi connectivity index (χ0n) is 16.7. The highest BCUT2D eigenvalue weighted by atomic mass is 35.5. The largest absolute Gasteiger partial charge is 0.489 e. The second-order valence-electron chi connectivity index (χ2n) is 6.68. The molecular formula is C23H19ClN4O2S. The molecule has 0 radical (unpaired) electrons. The summed E-state index contributed by atoms with van der Waals surface area (Å²) in [7, 11) is 1.86. The minimum Gasteiger partial charge on any atom is -0.489 e. The van der Waals surface area contributed by atoms with Crippen LogP contribution in [0.3, 0.4) is 0 Å². The number of para-hydroxylation sites is 1. The average molecular weight is 451 g/mol. The lowest BCUT2D eigenvalue weighted by Gasteiger charge is -2.14. The van der Waals surface area contributed by atoms with Crippen LogP contribution in [0.5, 0.6) is 5.75 Å². The number of aryl methyl sites for hydroxylation is 1. The Morgan fingerprint density at radius 2 is 1.87 bits per heavy atom. The maximum Gasteiger partial charge on any atom is 0.256 e. The van der Waals surface area contributed by atoms with E-state index in [1.807, 2.05) is 61.6 Å². The van der Waals surface area contributed by atoms with E-state index >= 15 is 0 Å². The van der Waals surface area contributed by atoms with Gasteiger partial charge in [-0.25, -0.2) is 0 Å². The fraction of sp³-hybridized carbons (Fsp3) is 0.0870. The van der Waals surface area contributed by atoms with E-state index in [4.69, 9.17) is 16.3 Å². The van der Waals surface area contributed by atoms with E-state index in [9.17, 15) is 4.79 Å². The number of rotatable bonds is 7. The molecule has 0 saturated heterocycles. The smallest absolute Gasteiger partial charge is 0.256 e. The van der Waals surface area contributed by atoms with E-state index in [0.29, 0.717) is 21.4 Å². The van der Waals surface area contributed by atoms with Gasteiger partial charge in [0, 0.05) is 28.1 Å². The maximum absolute atomic E-state index is 13.1. The Kier molecular flexibility index (Phi) is 6.54. The molecule has 0 aliphatic rings. The Morgan fingerprint density at radius 1 is 1.10 bits per heavy atom.